The summed E-state index contributed by atoms with van der Waals surface area (Å²) in [6, 6.07) is 15.9. The second-order valence-electron chi connectivity index (χ2n) is 8.72. The van der Waals surface area contributed by atoms with Gasteiger partial charge in [-0.2, -0.15) is 13.2 Å². The molecule has 0 spiro atoms. The van der Waals surface area contributed by atoms with Crippen molar-refractivity contribution in [3.8, 4) is 5.75 Å². The van der Waals surface area contributed by atoms with Crippen molar-refractivity contribution in [2.45, 2.75) is 63.3 Å². The van der Waals surface area contributed by atoms with E-state index in [1.165, 1.54) is 43.0 Å². The van der Waals surface area contributed by atoms with Crippen molar-refractivity contribution in [3.63, 3.8) is 0 Å². The lowest BCUT2D eigenvalue weighted by atomic mass is 9.93. The highest BCUT2D eigenvalue weighted by Gasteiger charge is 2.30. The Hall–Kier alpha value is -2.08. The van der Waals surface area contributed by atoms with Gasteiger partial charge < -0.3 is 4.74 Å². The van der Waals surface area contributed by atoms with Gasteiger partial charge in [0.05, 0.1) is 11.1 Å². The summed E-state index contributed by atoms with van der Waals surface area (Å²) in [6.45, 7) is 4.60. The molecule has 2 nitrogen and oxygen atoms in total. The van der Waals surface area contributed by atoms with Crippen molar-refractivity contribution in [1.82, 2.24) is 0 Å². The van der Waals surface area contributed by atoms with Gasteiger partial charge >= 0.3 is 12.1 Å². The van der Waals surface area contributed by atoms with Crippen LogP contribution >= 0.6 is 0 Å². The van der Waals surface area contributed by atoms with Crippen LogP contribution in [0.25, 0.3) is 0 Å². The lowest BCUT2D eigenvalue weighted by Crippen LogP contribution is -2.20. The minimum atomic E-state index is -4.42. The fourth-order valence-electron chi connectivity index (χ4n) is 4.12. The molecule has 0 N–H and O–H groups in total. The molecule has 1 heterocycles. The molecule has 1 saturated heterocycles. The minimum Gasteiger partial charge on any atom is -0.423 e. The number of benzene rings is 2. The van der Waals surface area contributed by atoms with E-state index in [-0.39, 0.29) is 5.56 Å². The molecule has 0 unspecified atom stereocenters. The Bertz CT molecular complexity index is 821. The van der Waals surface area contributed by atoms with Crippen LogP contribution in [0.5, 0.6) is 5.75 Å². The lowest BCUT2D eigenvalue weighted by molar-refractivity contribution is -0.137. The van der Waals surface area contributed by atoms with Gasteiger partial charge in [0.2, 0.25) is 0 Å². The van der Waals surface area contributed by atoms with Crippen LogP contribution in [0.1, 0.15) is 60.5 Å². The van der Waals surface area contributed by atoms with Gasteiger partial charge in [0.25, 0.3) is 0 Å². The van der Waals surface area contributed by atoms with Crippen LogP contribution in [0.4, 0.5) is 13.2 Å². The van der Waals surface area contributed by atoms with E-state index in [4.69, 9.17) is 4.74 Å². The number of hydrogen-bond donors (Lipinski definition) is 0. The molecule has 0 radical (unpaired) electrons. The van der Waals surface area contributed by atoms with E-state index in [1.54, 1.807) is 12.1 Å². The third kappa shape index (κ3) is 6.21. The average molecular weight is 435 g/mol. The molecule has 0 aromatic heterocycles. The minimum absolute atomic E-state index is 0.0942. The number of carbonyl (C=O) groups is 1. The Morgan fingerprint density at radius 2 is 1.63 bits per heavy atom. The van der Waals surface area contributed by atoms with Crippen molar-refractivity contribution in [2.75, 3.05) is 0 Å². The fraction of sp³-hybridized carbons (Fsp3) is 0.458. The Labute approximate surface area is 178 Å². The molecule has 30 heavy (non-hydrogen) atoms. The molecule has 6 heteroatoms. The van der Waals surface area contributed by atoms with Crippen molar-refractivity contribution in [2.24, 2.45) is 5.92 Å². The molecule has 0 aliphatic carbocycles. The predicted molar refractivity (Wildman–Crippen MR) is 116 cm³/mol. The smallest absolute Gasteiger partial charge is 0.416 e. The first-order valence-electron chi connectivity index (χ1n) is 10.7. The van der Waals surface area contributed by atoms with Gasteiger partial charge in [-0.05, 0) is 66.6 Å². The van der Waals surface area contributed by atoms with Crippen molar-refractivity contribution in [3.05, 3.63) is 65.2 Å². The lowest BCUT2D eigenvalue weighted by Gasteiger charge is -2.28. The third-order valence-electron chi connectivity index (χ3n) is 6.01. The maximum absolute atomic E-state index is 12.6. The Morgan fingerprint density at radius 3 is 2.17 bits per heavy atom. The number of carbonyl (C=O) groups excluding carboxylic acids is 1. The van der Waals surface area contributed by atoms with E-state index >= 15 is 0 Å². The molecule has 1 aliphatic heterocycles. The average Bonchev–Trinajstić information content (AvgIpc) is 2.72. The van der Waals surface area contributed by atoms with Crippen LogP contribution in [0.15, 0.2) is 48.5 Å². The zero-order valence-electron chi connectivity index (χ0n) is 17.5. The SMILES string of the molecule is CC(C)CC[SiH]1CCC(c2ccc(OC(=O)c3ccc(C(F)(F)F)cc3)cc2)CC1. The summed E-state index contributed by atoms with van der Waals surface area (Å²) in [5.74, 6) is 1.12. The Kier molecular flexibility index (Phi) is 7.39. The molecule has 2 aromatic rings. The van der Waals surface area contributed by atoms with Crippen molar-refractivity contribution >= 4 is 14.8 Å². The van der Waals surface area contributed by atoms with Crippen LogP contribution in [-0.4, -0.2) is 14.8 Å². The first-order chi connectivity index (χ1) is 14.2. The van der Waals surface area contributed by atoms with E-state index in [9.17, 15) is 18.0 Å². The van der Waals surface area contributed by atoms with E-state index in [1.807, 2.05) is 12.1 Å². The third-order valence-corrected chi connectivity index (χ3v) is 9.46. The standard InChI is InChI=1S/C24H29F3O2Si/c1-17(2)11-14-30-15-12-19(13-16-30)18-5-9-22(10-6-18)29-23(28)20-3-7-21(8-4-20)24(25,26)27/h3-10,17,19,30H,11-16H2,1-2H3. The number of ether oxygens (including phenoxy) is 1. The van der Waals surface area contributed by atoms with Crippen LogP contribution in [0.3, 0.4) is 0 Å². The van der Waals surface area contributed by atoms with Gasteiger partial charge in [-0.25, -0.2) is 4.79 Å². The molecule has 162 valence electrons. The summed E-state index contributed by atoms with van der Waals surface area (Å²) in [5, 5.41) is 0. The van der Waals surface area contributed by atoms with Gasteiger partial charge in [0.1, 0.15) is 5.75 Å². The Balaban J connectivity index is 1.53. The molecule has 3 rings (SSSR count). The fourth-order valence-corrected chi connectivity index (χ4v) is 7.87. The van der Waals surface area contributed by atoms with Crippen LogP contribution in [-0.2, 0) is 6.18 Å². The summed E-state index contributed by atoms with van der Waals surface area (Å²) >= 11 is 0. The molecule has 2 aromatic carbocycles. The molecular formula is C24H29F3O2Si. The predicted octanol–water partition coefficient (Wildman–Crippen LogP) is 7.08. The normalized spacial score (nSPS) is 19.7. The second kappa shape index (κ2) is 9.82. The van der Waals surface area contributed by atoms with Gasteiger partial charge in [-0.1, -0.05) is 50.5 Å². The number of halogens is 3. The highest BCUT2D eigenvalue weighted by Crippen LogP contribution is 2.36. The summed E-state index contributed by atoms with van der Waals surface area (Å²) in [6.07, 6.45) is -0.561. The van der Waals surface area contributed by atoms with E-state index in [0.29, 0.717) is 11.7 Å². The van der Waals surface area contributed by atoms with E-state index < -0.39 is 26.5 Å². The zero-order chi connectivity index (χ0) is 21.7. The van der Waals surface area contributed by atoms with Gasteiger partial charge in [0, 0.05) is 8.80 Å². The highest BCUT2D eigenvalue weighted by atomic mass is 28.3. The van der Waals surface area contributed by atoms with Crippen molar-refractivity contribution in [1.29, 1.82) is 0 Å². The highest BCUT2D eigenvalue weighted by molar-refractivity contribution is 6.59. The second-order valence-corrected chi connectivity index (χ2v) is 12.2. The van der Waals surface area contributed by atoms with Crippen molar-refractivity contribution < 1.29 is 22.7 Å². The molecule has 1 fully saturated rings. The number of rotatable bonds is 6. The maximum Gasteiger partial charge on any atom is 0.416 e. The topological polar surface area (TPSA) is 26.3 Å². The summed E-state index contributed by atoms with van der Waals surface area (Å²) in [4.78, 5) is 12.2. The number of alkyl halides is 3. The maximum atomic E-state index is 12.6. The van der Waals surface area contributed by atoms with Gasteiger partial charge in [-0.3, -0.25) is 0 Å². The molecule has 0 saturated carbocycles. The molecule has 0 bridgehead atoms. The molecule has 0 amide bonds. The monoisotopic (exact) mass is 434 g/mol. The first kappa shape index (κ1) is 22.6. The molecule has 0 atom stereocenters. The quantitative estimate of drug-likeness (QED) is 0.276. The Morgan fingerprint density at radius 1 is 1.03 bits per heavy atom. The van der Waals surface area contributed by atoms with Gasteiger partial charge in [0.15, 0.2) is 0 Å². The first-order valence-corrected chi connectivity index (χ1v) is 13.2. The van der Waals surface area contributed by atoms with Crippen LogP contribution in [0.2, 0.25) is 18.1 Å². The van der Waals surface area contributed by atoms with Gasteiger partial charge in [-0.15, -0.1) is 0 Å². The van der Waals surface area contributed by atoms with Crippen LogP contribution in [0, 0.1) is 5.92 Å². The largest absolute Gasteiger partial charge is 0.423 e. The zero-order valence-corrected chi connectivity index (χ0v) is 18.7. The molecule has 1 aliphatic rings. The summed E-state index contributed by atoms with van der Waals surface area (Å²) in [5.41, 5.74) is 0.586. The number of esters is 1. The summed E-state index contributed by atoms with van der Waals surface area (Å²) < 4.78 is 43.2. The summed E-state index contributed by atoms with van der Waals surface area (Å²) in [7, 11) is -0.563. The van der Waals surface area contributed by atoms with E-state index in [2.05, 4.69) is 13.8 Å². The van der Waals surface area contributed by atoms with Crippen LogP contribution < -0.4 is 4.74 Å². The van der Waals surface area contributed by atoms with E-state index in [0.717, 1.165) is 30.2 Å². The molecular weight excluding hydrogens is 405 g/mol. The number of hydrogen-bond acceptors (Lipinski definition) is 2.